The quantitative estimate of drug-likeness (QED) is 0.815. The number of nitrogens with zero attached hydrogens (tertiary/aromatic N) is 4. The molecule has 1 saturated heterocycles. The predicted molar refractivity (Wildman–Crippen MR) is 105 cm³/mol. The SMILES string of the molecule is C1=C2c3ccc(-c4cncnc4)cc3CCN2CN=C1OCC1COCCO1. The van der Waals surface area contributed by atoms with E-state index in [0.29, 0.717) is 39.0 Å². The molecule has 0 radical (unpaired) electrons. The van der Waals surface area contributed by atoms with E-state index in [2.05, 4.69) is 38.1 Å². The fraction of sp³-hybridized carbons (Fsp3) is 0.381. The smallest absolute Gasteiger partial charge is 0.212 e. The summed E-state index contributed by atoms with van der Waals surface area (Å²) >= 11 is 0. The van der Waals surface area contributed by atoms with Crippen LogP contribution in [0.1, 0.15) is 11.1 Å². The van der Waals surface area contributed by atoms with Gasteiger partial charge in [0.15, 0.2) is 0 Å². The van der Waals surface area contributed by atoms with Crippen LogP contribution in [-0.4, -0.2) is 66.5 Å². The largest absolute Gasteiger partial charge is 0.475 e. The van der Waals surface area contributed by atoms with Crippen molar-refractivity contribution < 1.29 is 14.2 Å². The highest BCUT2D eigenvalue weighted by atomic mass is 16.6. The van der Waals surface area contributed by atoms with Crippen molar-refractivity contribution in [1.82, 2.24) is 14.9 Å². The van der Waals surface area contributed by atoms with Crippen LogP contribution in [0.2, 0.25) is 0 Å². The van der Waals surface area contributed by atoms with Crippen molar-refractivity contribution in [1.29, 1.82) is 0 Å². The minimum Gasteiger partial charge on any atom is -0.475 e. The lowest BCUT2D eigenvalue weighted by Crippen LogP contribution is -2.35. The van der Waals surface area contributed by atoms with Gasteiger partial charge in [-0.15, -0.1) is 0 Å². The van der Waals surface area contributed by atoms with Gasteiger partial charge < -0.3 is 19.1 Å². The number of fused-ring (bicyclic) bond motifs is 3. The highest BCUT2D eigenvalue weighted by Gasteiger charge is 2.25. The van der Waals surface area contributed by atoms with Gasteiger partial charge in [-0.3, -0.25) is 0 Å². The topological polar surface area (TPSA) is 69.1 Å². The van der Waals surface area contributed by atoms with Gasteiger partial charge in [0.1, 0.15) is 25.7 Å². The van der Waals surface area contributed by atoms with E-state index in [1.165, 1.54) is 16.8 Å². The molecule has 0 spiro atoms. The molecule has 4 heterocycles. The molecule has 5 rings (SSSR count). The summed E-state index contributed by atoms with van der Waals surface area (Å²) in [6.07, 6.45) is 8.25. The van der Waals surface area contributed by atoms with E-state index in [1.807, 2.05) is 18.5 Å². The lowest BCUT2D eigenvalue weighted by molar-refractivity contribution is -0.103. The molecular formula is C21H22N4O3. The molecule has 1 unspecified atom stereocenters. The highest BCUT2D eigenvalue weighted by molar-refractivity contribution is 5.97. The summed E-state index contributed by atoms with van der Waals surface area (Å²) in [6, 6.07) is 6.55. The fourth-order valence-corrected chi connectivity index (χ4v) is 3.76. The van der Waals surface area contributed by atoms with E-state index >= 15 is 0 Å². The van der Waals surface area contributed by atoms with Crippen molar-refractivity contribution in [3.63, 3.8) is 0 Å². The van der Waals surface area contributed by atoms with Gasteiger partial charge in [-0.05, 0) is 17.5 Å². The van der Waals surface area contributed by atoms with Crippen LogP contribution in [0.15, 0.2) is 48.0 Å². The Hall–Kier alpha value is -2.77. The molecule has 3 aliphatic rings. The van der Waals surface area contributed by atoms with Crippen LogP contribution in [0, 0.1) is 0 Å². The van der Waals surface area contributed by atoms with Gasteiger partial charge in [0.05, 0.1) is 25.5 Å². The van der Waals surface area contributed by atoms with Crippen molar-refractivity contribution in [2.24, 2.45) is 4.99 Å². The molecule has 2 aromatic rings. The number of benzene rings is 1. The number of aliphatic imine (C=N–C) groups is 1. The molecule has 0 bridgehead atoms. The van der Waals surface area contributed by atoms with Crippen LogP contribution >= 0.6 is 0 Å². The molecule has 7 heteroatoms. The fourth-order valence-electron chi connectivity index (χ4n) is 3.76. The van der Waals surface area contributed by atoms with Crippen molar-refractivity contribution in [3.05, 3.63) is 54.1 Å². The van der Waals surface area contributed by atoms with Crippen molar-refractivity contribution in [2.45, 2.75) is 12.5 Å². The molecule has 1 aromatic heterocycles. The van der Waals surface area contributed by atoms with Crippen LogP contribution in [0.5, 0.6) is 0 Å². The average Bonchev–Trinajstić information content (AvgIpc) is 2.78. The molecule has 3 aliphatic heterocycles. The van der Waals surface area contributed by atoms with E-state index in [9.17, 15) is 0 Å². The number of ether oxygens (including phenoxy) is 3. The van der Waals surface area contributed by atoms with E-state index in [0.717, 1.165) is 24.1 Å². The van der Waals surface area contributed by atoms with Crippen LogP contribution in [0.3, 0.4) is 0 Å². The maximum Gasteiger partial charge on any atom is 0.212 e. The van der Waals surface area contributed by atoms with Crippen molar-refractivity contribution >= 4 is 11.6 Å². The van der Waals surface area contributed by atoms with Crippen molar-refractivity contribution in [2.75, 3.05) is 39.6 Å². The Bertz CT molecular complexity index is 907. The first-order valence-corrected chi connectivity index (χ1v) is 9.59. The lowest BCUT2D eigenvalue weighted by atomic mass is 9.92. The molecule has 1 atom stereocenters. The highest BCUT2D eigenvalue weighted by Crippen LogP contribution is 2.33. The minimum absolute atomic E-state index is 0.0258. The van der Waals surface area contributed by atoms with Crippen LogP contribution in [0.4, 0.5) is 0 Å². The van der Waals surface area contributed by atoms with E-state index in [4.69, 9.17) is 14.2 Å². The summed E-state index contributed by atoms with van der Waals surface area (Å²) in [5.41, 5.74) is 5.91. The first kappa shape index (κ1) is 17.3. The number of rotatable bonds is 3. The van der Waals surface area contributed by atoms with Gasteiger partial charge in [0.25, 0.3) is 0 Å². The number of hydrogen-bond donors (Lipinski definition) is 0. The Kier molecular flexibility index (Phi) is 4.76. The predicted octanol–water partition coefficient (Wildman–Crippen LogP) is 2.14. The second-order valence-electron chi connectivity index (χ2n) is 7.06. The van der Waals surface area contributed by atoms with Crippen LogP contribution in [0.25, 0.3) is 16.8 Å². The Morgan fingerprint density at radius 1 is 1.14 bits per heavy atom. The lowest BCUT2D eigenvalue weighted by Gasteiger charge is -2.34. The molecule has 0 amide bonds. The Balaban J connectivity index is 1.36. The van der Waals surface area contributed by atoms with Crippen LogP contribution < -0.4 is 0 Å². The van der Waals surface area contributed by atoms with E-state index < -0.39 is 0 Å². The zero-order chi connectivity index (χ0) is 18.8. The Morgan fingerprint density at radius 3 is 2.93 bits per heavy atom. The Morgan fingerprint density at radius 2 is 2.07 bits per heavy atom. The molecule has 0 N–H and O–H groups in total. The standard InChI is InChI=1S/C21H22N4O3/c1-2-19-16(7-15(1)17-9-22-13-23-10-17)3-4-25-14-24-21(8-20(19)25)28-12-18-11-26-5-6-27-18/h1-2,7-10,13,18H,3-6,11-12,14H2. The molecule has 0 saturated carbocycles. The van der Waals surface area contributed by atoms with Gasteiger partial charge in [0, 0.05) is 36.1 Å². The molecule has 28 heavy (non-hydrogen) atoms. The summed E-state index contributed by atoms with van der Waals surface area (Å²) in [7, 11) is 0. The van der Waals surface area contributed by atoms with Crippen molar-refractivity contribution in [3.8, 4) is 11.1 Å². The van der Waals surface area contributed by atoms with E-state index in [-0.39, 0.29) is 6.10 Å². The van der Waals surface area contributed by atoms with Gasteiger partial charge in [0.2, 0.25) is 5.90 Å². The molecule has 7 nitrogen and oxygen atoms in total. The average molecular weight is 378 g/mol. The normalized spacial score (nSPS) is 21.3. The van der Waals surface area contributed by atoms with Gasteiger partial charge >= 0.3 is 0 Å². The monoisotopic (exact) mass is 378 g/mol. The molecule has 0 aliphatic carbocycles. The van der Waals surface area contributed by atoms with E-state index in [1.54, 1.807) is 6.33 Å². The summed E-state index contributed by atoms with van der Waals surface area (Å²) in [6.45, 7) is 3.88. The third-order valence-corrected chi connectivity index (χ3v) is 5.23. The zero-order valence-corrected chi connectivity index (χ0v) is 15.6. The summed E-state index contributed by atoms with van der Waals surface area (Å²) < 4.78 is 17.0. The third-order valence-electron chi connectivity index (χ3n) is 5.23. The summed E-state index contributed by atoms with van der Waals surface area (Å²) in [5, 5.41) is 0. The molecule has 144 valence electrons. The molecular weight excluding hydrogens is 356 g/mol. The van der Waals surface area contributed by atoms with Crippen LogP contribution in [-0.2, 0) is 20.6 Å². The minimum atomic E-state index is -0.0258. The zero-order valence-electron chi connectivity index (χ0n) is 15.6. The molecule has 1 fully saturated rings. The second-order valence-corrected chi connectivity index (χ2v) is 7.06. The van der Waals surface area contributed by atoms with Gasteiger partial charge in [-0.2, -0.15) is 0 Å². The Labute approximate surface area is 163 Å². The van der Waals surface area contributed by atoms with Gasteiger partial charge in [-0.25, -0.2) is 15.0 Å². The maximum atomic E-state index is 5.90. The maximum absolute atomic E-state index is 5.90. The molecule has 1 aromatic carbocycles. The van der Waals surface area contributed by atoms with Gasteiger partial charge in [-0.1, -0.05) is 18.2 Å². The second kappa shape index (κ2) is 7.69. The number of aromatic nitrogens is 2. The summed E-state index contributed by atoms with van der Waals surface area (Å²) in [4.78, 5) is 15.1. The first-order chi connectivity index (χ1) is 13.9. The summed E-state index contributed by atoms with van der Waals surface area (Å²) in [5.74, 6) is 0.661. The third kappa shape index (κ3) is 3.50. The number of hydrogen-bond acceptors (Lipinski definition) is 7. The first-order valence-electron chi connectivity index (χ1n) is 9.59.